The van der Waals surface area contributed by atoms with Crippen molar-refractivity contribution in [2.45, 2.75) is 45.3 Å². The third-order valence-electron chi connectivity index (χ3n) is 6.04. The Hall–Kier alpha value is -1.50. The van der Waals surface area contributed by atoms with Crippen LogP contribution in [-0.2, 0) is 9.53 Å². The molecule has 6 nitrogen and oxygen atoms in total. The molecule has 3 unspecified atom stereocenters. The number of methoxy groups -OCH3 is 2. The largest absolute Gasteiger partial charge is 0.493 e. The molecule has 1 saturated heterocycles. The van der Waals surface area contributed by atoms with Crippen molar-refractivity contribution in [3.8, 4) is 11.5 Å². The van der Waals surface area contributed by atoms with Gasteiger partial charge in [-0.2, -0.15) is 0 Å². The Kier molecular flexibility index (Phi) is 5.80. The van der Waals surface area contributed by atoms with Gasteiger partial charge in [0.25, 0.3) is 0 Å². The molecule has 1 saturated carbocycles. The number of benzene rings is 1. The number of carbonyl (C=O) groups is 1. The Labute approximate surface area is 161 Å². The predicted octanol–water partition coefficient (Wildman–Crippen LogP) is 2.91. The molecule has 1 aliphatic heterocycles. The first-order valence-electron chi connectivity index (χ1n) is 8.72. The second kappa shape index (κ2) is 7.25. The summed E-state index contributed by atoms with van der Waals surface area (Å²) in [5.41, 5.74) is 6.87. The minimum atomic E-state index is -0.947. The number of aryl methyl sites for hydroxylation is 1. The number of ether oxygens (including phenoxy) is 3. The van der Waals surface area contributed by atoms with Crippen LogP contribution in [0.2, 0.25) is 0 Å². The van der Waals surface area contributed by atoms with Gasteiger partial charge >= 0.3 is 0 Å². The predicted molar refractivity (Wildman–Crippen MR) is 103 cm³/mol. The Morgan fingerprint density at radius 3 is 2.50 bits per heavy atom. The molecule has 3 N–H and O–H groups in total. The lowest BCUT2D eigenvalue weighted by Crippen LogP contribution is -2.81. The first-order valence-corrected chi connectivity index (χ1v) is 8.72. The van der Waals surface area contributed by atoms with Gasteiger partial charge in [0.05, 0.1) is 20.3 Å². The molecular formula is C19H29ClN2O4. The van der Waals surface area contributed by atoms with Gasteiger partial charge in [-0.3, -0.25) is 4.79 Å². The van der Waals surface area contributed by atoms with E-state index >= 15 is 0 Å². The van der Waals surface area contributed by atoms with Gasteiger partial charge in [-0.1, -0.05) is 13.8 Å². The van der Waals surface area contributed by atoms with E-state index in [0.717, 1.165) is 25.0 Å². The highest BCUT2D eigenvalue weighted by molar-refractivity contribution is 6.01. The summed E-state index contributed by atoms with van der Waals surface area (Å²) < 4.78 is 16.5. The molecule has 0 radical (unpaired) electrons. The van der Waals surface area contributed by atoms with Gasteiger partial charge in [-0.05, 0) is 31.4 Å². The molecule has 1 aromatic carbocycles. The number of carbonyl (C=O) groups excluding carboxylic acids is 1. The molecule has 1 amide bonds. The van der Waals surface area contributed by atoms with Crippen LogP contribution in [0, 0.1) is 18.3 Å². The zero-order chi connectivity index (χ0) is 18.4. The van der Waals surface area contributed by atoms with E-state index in [1.165, 1.54) is 0 Å². The third-order valence-corrected chi connectivity index (χ3v) is 6.04. The first kappa shape index (κ1) is 20.8. The summed E-state index contributed by atoms with van der Waals surface area (Å²) >= 11 is 0. The number of hydrogen-bond donors (Lipinski definition) is 2. The number of amides is 1. The maximum absolute atomic E-state index is 13.1. The summed E-state index contributed by atoms with van der Waals surface area (Å²) in [5.74, 6) is 1.09. The second-order valence-corrected chi connectivity index (χ2v) is 7.61. The van der Waals surface area contributed by atoms with Crippen LogP contribution < -0.4 is 20.5 Å². The number of halogens is 1. The smallest absolute Gasteiger partial charge is 0.245 e. The van der Waals surface area contributed by atoms with Crippen molar-refractivity contribution in [3.63, 3.8) is 0 Å². The topological polar surface area (TPSA) is 82.8 Å². The molecule has 3 rings (SSSR count). The molecule has 0 bridgehead atoms. The van der Waals surface area contributed by atoms with Crippen molar-refractivity contribution in [2.75, 3.05) is 26.1 Å². The summed E-state index contributed by atoms with van der Waals surface area (Å²) in [4.78, 5) is 13.1. The summed E-state index contributed by atoms with van der Waals surface area (Å²) in [5, 5.41) is 3.01. The van der Waals surface area contributed by atoms with E-state index in [9.17, 15) is 4.79 Å². The van der Waals surface area contributed by atoms with Crippen LogP contribution in [-0.4, -0.2) is 38.4 Å². The molecule has 0 aromatic heterocycles. The van der Waals surface area contributed by atoms with Crippen molar-refractivity contribution in [3.05, 3.63) is 17.7 Å². The maximum atomic E-state index is 13.1. The van der Waals surface area contributed by atoms with E-state index in [1.807, 2.05) is 26.8 Å². The zero-order valence-electron chi connectivity index (χ0n) is 16.0. The second-order valence-electron chi connectivity index (χ2n) is 7.61. The monoisotopic (exact) mass is 384 g/mol. The highest BCUT2D eigenvalue weighted by atomic mass is 35.5. The fourth-order valence-electron chi connectivity index (χ4n) is 4.38. The van der Waals surface area contributed by atoms with Crippen molar-refractivity contribution >= 4 is 24.0 Å². The maximum Gasteiger partial charge on any atom is 0.245 e. The lowest BCUT2D eigenvalue weighted by molar-refractivity contribution is -0.222. The molecule has 1 aliphatic carbocycles. The molecule has 3 atom stereocenters. The van der Waals surface area contributed by atoms with Gasteiger partial charge in [-0.15, -0.1) is 12.4 Å². The van der Waals surface area contributed by atoms with Crippen LogP contribution in [0.25, 0.3) is 0 Å². The van der Waals surface area contributed by atoms with E-state index in [-0.39, 0.29) is 30.3 Å². The molecule has 1 aromatic rings. The Morgan fingerprint density at radius 1 is 1.27 bits per heavy atom. The van der Waals surface area contributed by atoms with Gasteiger partial charge in [0.2, 0.25) is 5.91 Å². The van der Waals surface area contributed by atoms with Gasteiger partial charge in [0, 0.05) is 29.7 Å². The Balaban J connectivity index is 0.00000243. The van der Waals surface area contributed by atoms with E-state index in [0.29, 0.717) is 17.2 Å². The molecule has 146 valence electrons. The van der Waals surface area contributed by atoms with E-state index < -0.39 is 11.0 Å². The average Bonchev–Trinajstić information content (AvgIpc) is 2.62. The van der Waals surface area contributed by atoms with Gasteiger partial charge < -0.3 is 25.3 Å². The number of nitrogens with one attached hydrogen (secondary N) is 1. The number of rotatable bonds is 4. The Morgan fingerprint density at radius 2 is 1.88 bits per heavy atom. The van der Waals surface area contributed by atoms with Crippen molar-refractivity contribution in [1.82, 2.24) is 0 Å². The third kappa shape index (κ3) is 2.84. The molecule has 1 heterocycles. The molecule has 7 heteroatoms. The van der Waals surface area contributed by atoms with E-state index in [4.69, 9.17) is 19.9 Å². The van der Waals surface area contributed by atoms with Crippen LogP contribution in [0.15, 0.2) is 12.1 Å². The van der Waals surface area contributed by atoms with Crippen molar-refractivity contribution in [1.29, 1.82) is 0 Å². The molecule has 0 spiro atoms. The Bertz CT molecular complexity index is 694. The van der Waals surface area contributed by atoms with E-state index in [2.05, 4.69) is 5.32 Å². The minimum Gasteiger partial charge on any atom is -0.493 e. The molecule has 2 aliphatic rings. The van der Waals surface area contributed by atoms with Gasteiger partial charge in [0.15, 0.2) is 11.5 Å². The fourth-order valence-corrected chi connectivity index (χ4v) is 4.38. The molecule has 26 heavy (non-hydrogen) atoms. The molecular weight excluding hydrogens is 356 g/mol. The summed E-state index contributed by atoms with van der Waals surface area (Å²) in [7, 11) is 3.16. The van der Waals surface area contributed by atoms with E-state index in [1.54, 1.807) is 20.3 Å². The highest BCUT2D eigenvalue weighted by Gasteiger charge is 2.70. The van der Waals surface area contributed by atoms with Crippen LogP contribution >= 0.6 is 12.4 Å². The molecule has 2 fully saturated rings. The number of hydrogen-bond acceptors (Lipinski definition) is 5. The van der Waals surface area contributed by atoms with Crippen LogP contribution in [0.4, 0.5) is 5.69 Å². The minimum absolute atomic E-state index is 0. The van der Waals surface area contributed by atoms with Gasteiger partial charge in [0.1, 0.15) is 5.54 Å². The quantitative estimate of drug-likeness (QED) is 0.833. The SMILES string of the molecule is COc1cc(C)c(NC(=O)C2(N)C3CCCOC3C2(C)C)cc1OC.Cl. The number of nitrogens with two attached hydrogens (primary N) is 1. The zero-order valence-corrected chi connectivity index (χ0v) is 16.9. The first-order chi connectivity index (χ1) is 11.8. The average molecular weight is 385 g/mol. The summed E-state index contributed by atoms with van der Waals surface area (Å²) in [6.07, 6.45) is 1.91. The van der Waals surface area contributed by atoms with Gasteiger partial charge in [-0.25, -0.2) is 0 Å². The summed E-state index contributed by atoms with van der Waals surface area (Å²) in [6.45, 7) is 6.69. The van der Waals surface area contributed by atoms with Crippen LogP contribution in [0.3, 0.4) is 0 Å². The lowest BCUT2D eigenvalue weighted by Gasteiger charge is -2.65. The van der Waals surface area contributed by atoms with Crippen molar-refractivity contribution < 1.29 is 19.0 Å². The standard InChI is InChI=1S/C19H28N2O4.ClH/c1-11-9-14(23-4)15(24-5)10-13(11)21-17(22)19(20)12-7-6-8-25-16(12)18(19,2)3;/h9-10,12,16H,6-8,20H2,1-5H3,(H,21,22);1H. The normalized spacial score (nSPS) is 28.8. The number of fused-ring (bicyclic) bond motifs is 1. The van der Waals surface area contributed by atoms with Crippen molar-refractivity contribution in [2.24, 2.45) is 17.1 Å². The van der Waals surface area contributed by atoms with Crippen LogP contribution in [0.5, 0.6) is 11.5 Å². The number of anilines is 1. The summed E-state index contributed by atoms with van der Waals surface area (Å²) in [6, 6.07) is 3.62. The highest BCUT2D eigenvalue weighted by Crippen LogP contribution is 2.57. The fraction of sp³-hybridized carbons (Fsp3) is 0.632. The van der Waals surface area contributed by atoms with Crippen LogP contribution in [0.1, 0.15) is 32.3 Å². The lowest BCUT2D eigenvalue weighted by atomic mass is 9.46.